The molecule has 0 radical (unpaired) electrons. The predicted octanol–water partition coefficient (Wildman–Crippen LogP) is 4.60. The zero-order chi connectivity index (χ0) is 24.0. The normalized spacial score (nSPS) is 10.8. The number of carbonyl (C=O) groups excluding carboxylic acids is 1. The van der Waals surface area contributed by atoms with E-state index in [1.54, 1.807) is 0 Å². The predicted molar refractivity (Wildman–Crippen MR) is 153 cm³/mol. The summed E-state index contributed by atoms with van der Waals surface area (Å²) in [5, 5.41) is 0. The first kappa shape index (κ1) is 50.9. The van der Waals surface area contributed by atoms with E-state index in [-0.39, 0.29) is 59.7 Å². The van der Waals surface area contributed by atoms with Gasteiger partial charge in [-0.1, -0.05) is 87.7 Å². The van der Waals surface area contributed by atoms with Crippen LogP contribution in [0, 0.1) is 5.41 Å². The minimum Gasteiger partial charge on any atom is -1.00 e. The summed E-state index contributed by atoms with van der Waals surface area (Å²) in [6.45, 7) is 13.1. The Bertz CT molecular complexity index is 628. The van der Waals surface area contributed by atoms with Crippen molar-refractivity contribution in [3.05, 3.63) is 35.9 Å². The Labute approximate surface area is 226 Å². The van der Waals surface area contributed by atoms with Crippen LogP contribution in [0.15, 0.2) is 30.3 Å². The van der Waals surface area contributed by atoms with Crippen LogP contribution in [0.2, 0.25) is 0 Å². The van der Waals surface area contributed by atoms with Gasteiger partial charge < -0.3 is 31.4 Å². The number of quaternary nitrogens is 1. The zero-order valence-electron chi connectivity index (χ0n) is 20.9. The fourth-order valence-electron chi connectivity index (χ4n) is 1.77. The first-order valence-corrected chi connectivity index (χ1v) is 12.5. The van der Waals surface area contributed by atoms with Gasteiger partial charge in [-0.15, -0.1) is 0 Å². The number of hydrogen-bond acceptors (Lipinski definition) is 3. The maximum atomic E-state index is 11.6. The molecule has 0 aliphatic heterocycles. The highest BCUT2D eigenvalue weighted by Crippen LogP contribution is 2.32. The monoisotopic (exact) mass is 545 g/mol. The quantitative estimate of drug-likeness (QED) is 0.283. The zero-order valence-corrected chi connectivity index (χ0v) is 22.5. The number of carbonyl (C=O) groups is 1. The molecule has 6 nitrogen and oxygen atoms in total. The van der Waals surface area contributed by atoms with E-state index in [1.807, 2.05) is 20.8 Å². The molecule has 0 aromatic heterocycles. The van der Waals surface area contributed by atoms with E-state index in [1.165, 1.54) is 18.9 Å². The van der Waals surface area contributed by atoms with Gasteiger partial charge in [0.15, 0.2) is 0 Å². The molecule has 35 heavy (non-hydrogen) atoms. The lowest BCUT2D eigenvalue weighted by Crippen LogP contribution is -3.00. The van der Waals surface area contributed by atoms with Crippen molar-refractivity contribution >= 4 is 13.6 Å². The highest BCUT2D eigenvalue weighted by molar-refractivity contribution is 7.51. The number of esters is 1. The highest BCUT2D eigenvalue weighted by atomic mass is 35.5. The summed E-state index contributed by atoms with van der Waals surface area (Å²) < 4.78 is 15.7. The van der Waals surface area contributed by atoms with Gasteiger partial charge in [-0.3, -0.25) is 9.36 Å². The molecular weight excluding hydrogens is 485 g/mol. The lowest BCUT2D eigenvalue weighted by Gasteiger charge is -2.25. The molecule has 1 atom stereocenters. The summed E-state index contributed by atoms with van der Waals surface area (Å²) in [4.78, 5) is 27.4. The number of likely N-dealkylation sites (N-methyl/N-ethyl adjacent to an activating group) is 1. The van der Waals surface area contributed by atoms with Gasteiger partial charge in [0.1, 0.15) is 13.2 Å². The molecule has 216 valence electrons. The van der Waals surface area contributed by atoms with Crippen molar-refractivity contribution in [1.82, 2.24) is 0 Å². The van der Waals surface area contributed by atoms with Crippen LogP contribution in [-0.2, 0) is 14.1 Å². The molecule has 1 aromatic carbocycles. The molecule has 0 aliphatic carbocycles. The second kappa shape index (κ2) is 24.8. The van der Waals surface area contributed by atoms with Gasteiger partial charge in [-0.25, -0.2) is 0 Å². The summed E-state index contributed by atoms with van der Waals surface area (Å²) >= 11 is 0. The Morgan fingerprint density at radius 3 is 1.69 bits per heavy atom. The number of rotatable bonds is 8. The molecule has 1 rings (SSSR count). The number of benzene rings is 1. The average molecular weight is 546 g/mol. The van der Waals surface area contributed by atoms with Crippen LogP contribution in [0.5, 0.6) is 0 Å². The second-order valence-electron chi connectivity index (χ2n) is 9.09. The van der Waals surface area contributed by atoms with Crippen LogP contribution in [-0.4, -0.2) is 60.7 Å². The van der Waals surface area contributed by atoms with Crippen LogP contribution >= 0.6 is 7.60 Å². The first-order chi connectivity index (χ1) is 13.6. The molecule has 0 saturated carbocycles. The first-order valence-electron chi connectivity index (χ1n) is 10.7. The molecule has 0 aliphatic rings. The minimum absolute atomic E-state index is 0. The maximum Gasteiger partial charge on any atom is 0.325 e. The number of hydrogen-bond donors (Lipinski definition) is 2. The molecule has 8 heteroatoms. The van der Waals surface area contributed by atoms with Crippen molar-refractivity contribution in [3.63, 3.8) is 0 Å². The van der Waals surface area contributed by atoms with E-state index in [0.29, 0.717) is 12.5 Å². The third-order valence-electron chi connectivity index (χ3n) is 4.82. The van der Waals surface area contributed by atoms with Gasteiger partial charge in [0, 0.05) is 6.16 Å². The Morgan fingerprint density at radius 1 is 1.00 bits per heavy atom. The largest absolute Gasteiger partial charge is 1.00 e. The van der Waals surface area contributed by atoms with Crippen molar-refractivity contribution in [1.29, 1.82) is 0 Å². The van der Waals surface area contributed by atoms with Crippen molar-refractivity contribution in [3.8, 4) is 0 Å². The summed E-state index contributed by atoms with van der Waals surface area (Å²) in [6, 6.07) is 10.6. The van der Waals surface area contributed by atoms with Crippen LogP contribution in [0.3, 0.4) is 0 Å². The van der Waals surface area contributed by atoms with Crippen molar-refractivity contribution < 1.29 is 40.8 Å². The average Bonchev–Trinajstić information content (AvgIpc) is 2.67. The highest BCUT2D eigenvalue weighted by Gasteiger charge is 2.27. The van der Waals surface area contributed by atoms with Gasteiger partial charge >= 0.3 is 13.6 Å². The molecule has 0 fully saturated rings. The van der Waals surface area contributed by atoms with E-state index < -0.39 is 7.60 Å². The molecule has 2 N–H and O–H groups in total. The maximum absolute atomic E-state index is 11.6. The molecule has 0 spiro atoms. The Kier molecular flexibility index (Phi) is 36.0. The van der Waals surface area contributed by atoms with Crippen molar-refractivity contribution in [2.45, 2.75) is 90.0 Å². The van der Waals surface area contributed by atoms with Gasteiger partial charge in [0.2, 0.25) is 0 Å². The Morgan fingerprint density at radius 2 is 1.40 bits per heavy atom. The molecule has 1 unspecified atom stereocenters. The molecule has 0 saturated heterocycles. The topological polar surface area (TPSA) is 83.8 Å². The SMILES string of the molecule is C.C.C.C.CCC(C)(C)C(=O)OCC[N+](C)(C)C.CCC(C)c1ccccc1.CCP(=O)(O)O.[Cl-]. The summed E-state index contributed by atoms with van der Waals surface area (Å²) in [5.41, 5.74) is 1.11. The lowest BCUT2D eigenvalue weighted by molar-refractivity contribution is -0.870. The smallest absolute Gasteiger partial charge is 0.325 e. The van der Waals surface area contributed by atoms with E-state index in [4.69, 9.17) is 14.5 Å². The van der Waals surface area contributed by atoms with E-state index in [9.17, 15) is 9.36 Å². The fraction of sp³-hybridized carbons (Fsp3) is 0.741. The fourth-order valence-corrected chi connectivity index (χ4v) is 1.77. The van der Waals surface area contributed by atoms with Crippen LogP contribution in [0.1, 0.15) is 95.6 Å². The van der Waals surface area contributed by atoms with Crippen LogP contribution < -0.4 is 12.4 Å². The number of ether oxygens (including phenoxy) is 1. The van der Waals surface area contributed by atoms with Gasteiger partial charge in [0.25, 0.3) is 0 Å². The third-order valence-corrected chi connectivity index (χ3v) is 5.65. The standard InChI is InChI=1S/C11H24NO2.C10H14.C2H7O3P.4CH4.ClH/c1-7-11(2,3)10(13)14-9-8-12(4,5)6;1-3-9(2)10-7-5-4-6-8-10;1-2-6(3,4)5;;;;;/h7-9H2,1-6H3;4-9H,3H2,1-2H3;2H2,1H3,(H2,3,4,5);4*1H4;1H/q+1;;;;;;;/p-1. The van der Waals surface area contributed by atoms with E-state index in [2.05, 4.69) is 65.3 Å². The van der Waals surface area contributed by atoms with Gasteiger partial charge in [0.05, 0.1) is 26.6 Å². The lowest BCUT2D eigenvalue weighted by atomic mass is 9.91. The van der Waals surface area contributed by atoms with E-state index in [0.717, 1.165) is 17.4 Å². The van der Waals surface area contributed by atoms with Gasteiger partial charge in [-0.2, -0.15) is 0 Å². The molecule has 0 heterocycles. The molecule has 0 amide bonds. The summed E-state index contributed by atoms with van der Waals surface area (Å²) in [6.07, 6.45) is 1.98. The van der Waals surface area contributed by atoms with E-state index >= 15 is 0 Å². The van der Waals surface area contributed by atoms with Crippen molar-refractivity contribution in [2.24, 2.45) is 5.41 Å². The summed E-state index contributed by atoms with van der Waals surface area (Å²) in [7, 11) is 2.60. The van der Waals surface area contributed by atoms with Crippen LogP contribution in [0.4, 0.5) is 0 Å². The number of halogens is 1. The molecule has 0 bridgehead atoms. The molecular formula is C27H61ClNO5P. The Hall–Kier alpha value is -0.910. The number of nitrogens with zero attached hydrogens (tertiary/aromatic N) is 1. The Balaban J connectivity index is -0.0000000667. The van der Waals surface area contributed by atoms with Crippen LogP contribution in [0.25, 0.3) is 0 Å². The van der Waals surface area contributed by atoms with Gasteiger partial charge in [-0.05, 0) is 38.2 Å². The summed E-state index contributed by atoms with van der Waals surface area (Å²) in [5.74, 6) is 0.620. The minimum atomic E-state index is -3.65. The van der Waals surface area contributed by atoms with Crippen molar-refractivity contribution in [2.75, 3.05) is 40.5 Å². The third kappa shape index (κ3) is 31.1. The molecule has 1 aromatic rings. The second-order valence-corrected chi connectivity index (χ2v) is 11.1.